The van der Waals surface area contributed by atoms with Gasteiger partial charge in [-0.1, -0.05) is 66.7 Å². The lowest BCUT2D eigenvalue weighted by molar-refractivity contribution is -0.115. The highest BCUT2D eigenvalue weighted by Crippen LogP contribution is 2.14. The molecule has 178 valence electrons. The number of carbonyl (C=O) groups excluding carboxylic acids is 1. The largest absolute Gasteiger partial charge is 0.336 e. The number of fused-ring (bicyclic) bond motifs is 1. The first-order valence-electron chi connectivity index (χ1n) is 11.7. The number of aryl methyl sites for hydroxylation is 1. The molecule has 6 heteroatoms. The number of hydrogen-bond acceptors (Lipinski definition) is 3. The van der Waals surface area contributed by atoms with Crippen LogP contribution in [0.5, 0.6) is 0 Å². The molecule has 5 rings (SSSR count). The van der Waals surface area contributed by atoms with Crippen molar-refractivity contribution in [3.63, 3.8) is 0 Å². The van der Waals surface area contributed by atoms with Gasteiger partial charge < -0.3 is 5.32 Å². The summed E-state index contributed by atoms with van der Waals surface area (Å²) in [7, 11) is 0. The standard InChI is InChI=1S/C30H25N3O3/c1-21-8-7-11-24(18-21)31-28(34)19-22-14-16-25(17-15-22)33-29(35)26-12-5-6-13-27(26)32(30(33)36)20-23-9-3-2-4-10-23/h2-18H,19-20H2,1H3,(H,31,34). The number of benzene rings is 4. The Balaban J connectivity index is 1.47. The second-order valence-electron chi connectivity index (χ2n) is 8.77. The number of anilines is 1. The summed E-state index contributed by atoms with van der Waals surface area (Å²) in [6.45, 7) is 2.31. The maximum absolute atomic E-state index is 13.6. The summed E-state index contributed by atoms with van der Waals surface area (Å²) in [6.07, 6.45) is 0.180. The van der Waals surface area contributed by atoms with Crippen molar-refractivity contribution < 1.29 is 4.79 Å². The van der Waals surface area contributed by atoms with Crippen molar-refractivity contribution >= 4 is 22.5 Å². The topological polar surface area (TPSA) is 73.1 Å². The monoisotopic (exact) mass is 475 g/mol. The minimum atomic E-state index is -0.410. The Labute approximate surface area is 208 Å². The summed E-state index contributed by atoms with van der Waals surface area (Å²) >= 11 is 0. The molecule has 36 heavy (non-hydrogen) atoms. The van der Waals surface area contributed by atoms with Crippen molar-refractivity contribution in [1.82, 2.24) is 9.13 Å². The predicted molar refractivity (Wildman–Crippen MR) is 143 cm³/mol. The van der Waals surface area contributed by atoms with E-state index >= 15 is 0 Å². The number of hydrogen-bond donors (Lipinski definition) is 1. The average molecular weight is 476 g/mol. The molecule has 6 nitrogen and oxygen atoms in total. The van der Waals surface area contributed by atoms with Crippen LogP contribution in [0, 0.1) is 6.92 Å². The van der Waals surface area contributed by atoms with Gasteiger partial charge in [0.05, 0.1) is 29.6 Å². The summed E-state index contributed by atoms with van der Waals surface area (Å²) in [5, 5.41) is 3.37. The Morgan fingerprint density at radius 2 is 1.50 bits per heavy atom. The van der Waals surface area contributed by atoms with Gasteiger partial charge in [-0.05, 0) is 60.0 Å². The smallest absolute Gasteiger partial charge is 0.326 e. The van der Waals surface area contributed by atoms with Crippen LogP contribution in [-0.2, 0) is 17.8 Å². The van der Waals surface area contributed by atoms with Crippen molar-refractivity contribution in [2.75, 3.05) is 5.32 Å². The van der Waals surface area contributed by atoms with E-state index in [-0.39, 0.29) is 17.9 Å². The van der Waals surface area contributed by atoms with Crippen LogP contribution in [0.3, 0.4) is 0 Å². The van der Waals surface area contributed by atoms with E-state index in [9.17, 15) is 14.4 Å². The SMILES string of the molecule is Cc1cccc(NC(=O)Cc2ccc(-n3c(=O)c4ccccc4n(Cc4ccccc4)c3=O)cc2)c1. The summed E-state index contributed by atoms with van der Waals surface area (Å²) in [5.74, 6) is -0.138. The van der Waals surface area contributed by atoms with Gasteiger partial charge in [-0.2, -0.15) is 0 Å². The van der Waals surface area contributed by atoms with E-state index in [2.05, 4.69) is 5.32 Å². The highest BCUT2D eigenvalue weighted by molar-refractivity contribution is 5.92. The van der Waals surface area contributed by atoms with E-state index in [1.165, 1.54) is 4.57 Å². The molecule has 4 aromatic carbocycles. The van der Waals surface area contributed by atoms with Crippen LogP contribution in [0.4, 0.5) is 5.69 Å². The number of carbonyl (C=O) groups is 1. The Morgan fingerprint density at radius 1 is 0.778 bits per heavy atom. The van der Waals surface area contributed by atoms with Crippen molar-refractivity contribution in [2.45, 2.75) is 19.9 Å². The lowest BCUT2D eigenvalue weighted by atomic mass is 10.1. The number of aromatic nitrogens is 2. The van der Waals surface area contributed by atoms with Gasteiger partial charge in [0.25, 0.3) is 5.56 Å². The molecule has 0 bridgehead atoms. The van der Waals surface area contributed by atoms with E-state index in [0.29, 0.717) is 23.1 Å². The normalized spacial score (nSPS) is 10.9. The van der Waals surface area contributed by atoms with Crippen LogP contribution in [0.15, 0.2) is 113 Å². The lowest BCUT2D eigenvalue weighted by Gasteiger charge is -2.14. The van der Waals surface area contributed by atoms with Gasteiger partial charge in [0.2, 0.25) is 5.91 Å². The number of nitrogens with zero attached hydrogens (tertiary/aromatic N) is 2. The Morgan fingerprint density at radius 3 is 2.25 bits per heavy atom. The molecule has 1 amide bonds. The van der Waals surface area contributed by atoms with Crippen LogP contribution in [0.2, 0.25) is 0 Å². The first kappa shape index (κ1) is 23.1. The summed E-state index contributed by atoms with van der Waals surface area (Å²) in [5.41, 5.74) is 3.83. The Hall–Kier alpha value is -4.71. The first-order chi connectivity index (χ1) is 17.5. The fourth-order valence-corrected chi connectivity index (χ4v) is 4.34. The van der Waals surface area contributed by atoms with Gasteiger partial charge in [0, 0.05) is 5.69 Å². The molecule has 0 aliphatic rings. The van der Waals surface area contributed by atoms with Gasteiger partial charge in [-0.3, -0.25) is 14.2 Å². The quantitative estimate of drug-likeness (QED) is 0.387. The van der Waals surface area contributed by atoms with Crippen molar-refractivity contribution in [1.29, 1.82) is 0 Å². The Bertz CT molecular complexity index is 1670. The molecular weight excluding hydrogens is 450 g/mol. The first-order valence-corrected chi connectivity index (χ1v) is 11.7. The third-order valence-electron chi connectivity index (χ3n) is 6.10. The van der Waals surface area contributed by atoms with Crippen molar-refractivity contribution in [3.8, 4) is 5.69 Å². The number of para-hydroxylation sites is 1. The molecule has 1 N–H and O–H groups in total. The molecule has 0 radical (unpaired) electrons. The van der Waals surface area contributed by atoms with Crippen LogP contribution in [-0.4, -0.2) is 15.0 Å². The third-order valence-corrected chi connectivity index (χ3v) is 6.10. The number of rotatable bonds is 6. The number of amides is 1. The summed E-state index contributed by atoms with van der Waals surface area (Å²) < 4.78 is 2.82. The van der Waals surface area contributed by atoms with E-state index in [0.717, 1.165) is 22.4 Å². The molecule has 0 aliphatic carbocycles. The summed E-state index contributed by atoms with van der Waals surface area (Å²) in [6, 6.07) is 31.4. The minimum absolute atomic E-state index is 0.138. The van der Waals surface area contributed by atoms with Gasteiger partial charge >= 0.3 is 5.69 Å². The highest BCUT2D eigenvalue weighted by atomic mass is 16.2. The Kier molecular flexibility index (Phi) is 6.33. The second-order valence-corrected chi connectivity index (χ2v) is 8.77. The maximum atomic E-state index is 13.6. The van der Waals surface area contributed by atoms with Gasteiger partial charge in [-0.15, -0.1) is 0 Å². The lowest BCUT2D eigenvalue weighted by Crippen LogP contribution is -2.39. The van der Waals surface area contributed by atoms with Gasteiger partial charge in [0.1, 0.15) is 0 Å². The zero-order valence-corrected chi connectivity index (χ0v) is 19.8. The van der Waals surface area contributed by atoms with E-state index < -0.39 is 5.69 Å². The van der Waals surface area contributed by atoms with Crippen LogP contribution in [0.25, 0.3) is 16.6 Å². The minimum Gasteiger partial charge on any atom is -0.326 e. The maximum Gasteiger partial charge on any atom is 0.336 e. The van der Waals surface area contributed by atoms with Crippen molar-refractivity contribution in [3.05, 3.63) is 141 Å². The fraction of sp³-hybridized carbons (Fsp3) is 0.100. The molecule has 1 aromatic heterocycles. The molecule has 1 heterocycles. The predicted octanol–water partition coefficient (Wildman–Crippen LogP) is 4.69. The van der Waals surface area contributed by atoms with Crippen molar-refractivity contribution in [2.24, 2.45) is 0 Å². The average Bonchev–Trinajstić information content (AvgIpc) is 2.88. The molecule has 0 unspecified atom stereocenters. The van der Waals surface area contributed by atoms with Crippen LogP contribution < -0.4 is 16.6 Å². The molecule has 0 saturated heterocycles. The molecule has 0 atom stereocenters. The molecule has 0 saturated carbocycles. The molecule has 0 aliphatic heterocycles. The van der Waals surface area contributed by atoms with Crippen LogP contribution in [0.1, 0.15) is 16.7 Å². The zero-order valence-electron chi connectivity index (χ0n) is 19.8. The number of nitrogens with one attached hydrogen (secondary N) is 1. The van der Waals surface area contributed by atoms with E-state index in [1.807, 2.05) is 67.6 Å². The van der Waals surface area contributed by atoms with E-state index in [4.69, 9.17) is 0 Å². The third kappa shape index (κ3) is 4.74. The molecule has 0 spiro atoms. The zero-order chi connectivity index (χ0) is 25.1. The van der Waals surface area contributed by atoms with Gasteiger partial charge in [-0.25, -0.2) is 9.36 Å². The van der Waals surface area contributed by atoms with E-state index in [1.54, 1.807) is 47.0 Å². The van der Waals surface area contributed by atoms with Crippen LogP contribution >= 0.6 is 0 Å². The molecular formula is C30H25N3O3. The summed E-state index contributed by atoms with van der Waals surface area (Å²) in [4.78, 5) is 39.4. The van der Waals surface area contributed by atoms with Gasteiger partial charge in [0.15, 0.2) is 0 Å². The second kappa shape index (κ2) is 9.88. The molecule has 5 aromatic rings. The molecule has 0 fully saturated rings. The highest BCUT2D eigenvalue weighted by Gasteiger charge is 2.15. The fourth-order valence-electron chi connectivity index (χ4n) is 4.34.